The Bertz CT molecular complexity index is 403. The fourth-order valence-electron chi connectivity index (χ4n) is 2.05. The minimum atomic E-state index is -0.936. The van der Waals surface area contributed by atoms with Crippen molar-refractivity contribution in [1.29, 1.82) is 0 Å². The van der Waals surface area contributed by atoms with Crippen molar-refractivity contribution >= 4 is 5.97 Å². The lowest BCUT2D eigenvalue weighted by molar-refractivity contribution is 0.0690. The molecule has 1 aliphatic rings. The third-order valence-electron chi connectivity index (χ3n) is 2.75. The zero-order chi connectivity index (χ0) is 11.5. The minimum absolute atomic E-state index is 0.202. The van der Waals surface area contributed by atoms with Gasteiger partial charge in [0.1, 0.15) is 11.3 Å². The first-order valence-corrected chi connectivity index (χ1v) is 5.46. The van der Waals surface area contributed by atoms with E-state index in [4.69, 9.17) is 9.84 Å². The van der Waals surface area contributed by atoms with E-state index in [1.54, 1.807) is 12.1 Å². The third-order valence-corrected chi connectivity index (χ3v) is 2.75. The van der Waals surface area contributed by atoms with Crippen LogP contribution in [-0.4, -0.2) is 24.2 Å². The van der Waals surface area contributed by atoms with Crippen LogP contribution in [0.25, 0.3) is 0 Å². The number of ether oxygens (including phenoxy) is 1. The van der Waals surface area contributed by atoms with Crippen molar-refractivity contribution in [3.63, 3.8) is 0 Å². The first kappa shape index (κ1) is 11.0. The summed E-state index contributed by atoms with van der Waals surface area (Å²) in [6, 6.07) is 5.47. The van der Waals surface area contributed by atoms with Crippen LogP contribution in [0.1, 0.15) is 35.3 Å². The molecule has 1 heterocycles. The molecule has 0 amide bonds. The van der Waals surface area contributed by atoms with Crippen LogP contribution in [0.5, 0.6) is 5.75 Å². The van der Waals surface area contributed by atoms with Crippen molar-refractivity contribution in [3.8, 4) is 5.75 Å². The smallest absolute Gasteiger partial charge is 0.339 e. The maximum absolute atomic E-state index is 11.0. The van der Waals surface area contributed by atoms with Gasteiger partial charge in [-0.25, -0.2) is 4.79 Å². The quantitative estimate of drug-likeness (QED) is 0.817. The van der Waals surface area contributed by atoms with E-state index in [-0.39, 0.29) is 11.6 Å². The van der Waals surface area contributed by atoms with Gasteiger partial charge in [0, 0.05) is 18.0 Å². The summed E-state index contributed by atoms with van der Waals surface area (Å²) in [5, 5.41) is 12.4. The molecule has 1 atom stereocenters. The molecule has 4 heteroatoms. The molecule has 2 rings (SSSR count). The second-order valence-corrected chi connectivity index (χ2v) is 3.78. The van der Waals surface area contributed by atoms with Gasteiger partial charge in [0.2, 0.25) is 0 Å². The zero-order valence-electron chi connectivity index (χ0n) is 9.19. The molecule has 16 heavy (non-hydrogen) atoms. The highest BCUT2D eigenvalue weighted by molar-refractivity contribution is 5.91. The Morgan fingerprint density at radius 1 is 1.62 bits per heavy atom. The van der Waals surface area contributed by atoms with E-state index in [1.165, 1.54) is 0 Å². The first-order valence-electron chi connectivity index (χ1n) is 5.46. The summed E-state index contributed by atoms with van der Waals surface area (Å²) < 4.78 is 5.47. The predicted octanol–water partition coefficient (Wildman–Crippen LogP) is 1.82. The number of rotatable bonds is 3. The number of carbonyl (C=O) groups is 1. The molecule has 0 saturated heterocycles. The number of hydrogen-bond acceptors (Lipinski definition) is 3. The van der Waals surface area contributed by atoms with Crippen LogP contribution < -0.4 is 10.1 Å². The van der Waals surface area contributed by atoms with Crippen LogP contribution in [0, 0.1) is 0 Å². The van der Waals surface area contributed by atoms with E-state index in [1.807, 2.05) is 13.0 Å². The minimum Gasteiger partial charge on any atom is -0.492 e. The monoisotopic (exact) mass is 221 g/mol. The highest BCUT2D eigenvalue weighted by Gasteiger charge is 2.24. The van der Waals surface area contributed by atoms with E-state index in [0.717, 1.165) is 18.5 Å². The summed E-state index contributed by atoms with van der Waals surface area (Å²) in [5.41, 5.74) is 1.20. The van der Waals surface area contributed by atoms with E-state index in [9.17, 15) is 4.79 Å². The molecule has 2 N–H and O–H groups in total. The average molecular weight is 221 g/mol. The largest absolute Gasteiger partial charge is 0.492 e. The number of carboxylic acids is 1. The van der Waals surface area contributed by atoms with Gasteiger partial charge in [0.05, 0.1) is 6.61 Å². The van der Waals surface area contributed by atoms with Crippen LogP contribution in [0.4, 0.5) is 0 Å². The van der Waals surface area contributed by atoms with Gasteiger partial charge in [-0.15, -0.1) is 0 Å². The summed E-state index contributed by atoms with van der Waals surface area (Å²) in [5.74, 6) is -0.416. The fraction of sp³-hybridized carbons (Fsp3) is 0.417. The average Bonchev–Trinajstić information content (AvgIpc) is 2.29. The Labute approximate surface area is 94.2 Å². The standard InChI is InChI=1S/C12H15NO3/c1-2-13-10-6-7-16-11-8(10)4-3-5-9(11)12(14)15/h3-5,10,13H,2,6-7H2,1H3,(H,14,15). The van der Waals surface area contributed by atoms with E-state index < -0.39 is 5.97 Å². The van der Waals surface area contributed by atoms with Crippen molar-refractivity contribution in [1.82, 2.24) is 5.32 Å². The van der Waals surface area contributed by atoms with Crippen LogP contribution >= 0.6 is 0 Å². The number of para-hydroxylation sites is 1. The number of benzene rings is 1. The number of carboxylic acid groups (broad SMARTS) is 1. The second-order valence-electron chi connectivity index (χ2n) is 3.78. The van der Waals surface area contributed by atoms with Gasteiger partial charge in [-0.2, -0.15) is 0 Å². The molecular formula is C12H15NO3. The molecule has 86 valence electrons. The van der Waals surface area contributed by atoms with Gasteiger partial charge in [0.15, 0.2) is 0 Å². The van der Waals surface area contributed by atoms with Crippen molar-refractivity contribution in [2.45, 2.75) is 19.4 Å². The molecule has 0 saturated carbocycles. The number of nitrogens with one attached hydrogen (secondary N) is 1. The van der Waals surface area contributed by atoms with Crippen LogP contribution in [-0.2, 0) is 0 Å². The molecule has 0 bridgehead atoms. The zero-order valence-corrected chi connectivity index (χ0v) is 9.19. The van der Waals surface area contributed by atoms with Gasteiger partial charge in [-0.3, -0.25) is 0 Å². The lowest BCUT2D eigenvalue weighted by Crippen LogP contribution is -2.27. The summed E-state index contributed by atoms with van der Waals surface area (Å²) in [6.07, 6.45) is 0.879. The molecule has 0 aliphatic carbocycles. The number of hydrogen-bond donors (Lipinski definition) is 2. The predicted molar refractivity (Wildman–Crippen MR) is 59.9 cm³/mol. The van der Waals surface area contributed by atoms with Crippen molar-refractivity contribution in [2.24, 2.45) is 0 Å². The van der Waals surface area contributed by atoms with E-state index in [2.05, 4.69) is 5.32 Å². The Kier molecular flexibility index (Phi) is 3.10. The van der Waals surface area contributed by atoms with E-state index in [0.29, 0.717) is 12.4 Å². The van der Waals surface area contributed by atoms with Crippen LogP contribution in [0.2, 0.25) is 0 Å². The van der Waals surface area contributed by atoms with Crippen LogP contribution in [0.3, 0.4) is 0 Å². The molecular weight excluding hydrogens is 206 g/mol. The Morgan fingerprint density at radius 3 is 3.12 bits per heavy atom. The Morgan fingerprint density at radius 2 is 2.44 bits per heavy atom. The Hall–Kier alpha value is -1.55. The summed E-state index contributed by atoms with van der Waals surface area (Å²) in [7, 11) is 0. The SMILES string of the molecule is CCNC1CCOc2c(C(=O)O)cccc21. The lowest BCUT2D eigenvalue weighted by atomic mass is 9.97. The fourth-order valence-corrected chi connectivity index (χ4v) is 2.05. The Balaban J connectivity index is 2.42. The second kappa shape index (κ2) is 4.53. The number of aromatic carboxylic acids is 1. The van der Waals surface area contributed by atoms with Crippen molar-refractivity contribution < 1.29 is 14.6 Å². The molecule has 4 nitrogen and oxygen atoms in total. The van der Waals surface area contributed by atoms with Gasteiger partial charge >= 0.3 is 5.97 Å². The van der Waals surface area contributed by atoms with Gasteiger partial charge in [-0.1, -0.05) is 19.1 Å². The van der Waals surface area contributed by atoms with Crippen LogP contribution in [0.15, 0.2) is 18.2 Å². The molecule has 1 aliphatic heterocycles. The molecule has 1 aromatic rings. The molecule has 0 radical (unpaired) electrons. The van der Waals surface area contributed by atoms with Gasteiger partial charge in [0.25, 0.3) is 0 Å². The summed E-state index contributed by atoms with van der Waals surface area (Å²) in [6.45, 7) is 3.46. The number of fused-ring (bicyclic) bond motifs is 1. The topological polar surface area (TPSA) is 58.6 Å². The molecule has 0 aromatic heterocycles. The molecule has 0 spiro atoms. The highest BCUT2D eigenvalue weighted by atomic mass is 16.5. The van der Waals surface area contributed by atoms with Crippen molar-refractivity contribution in [2.75, 3.05) is 13.2 Å². The van der Waals surface area contributed by atoms with Crippen molar-refractivity contribution in [3.05, 3.63) is 29.3 Å². The van der Waals surface area contributed by atoms with E-state index >= 15 is 0 Å². The molecule has 1 aromatic carbocycles. The third kappa shape index (κ3) is 1.88. The molecule has 0 fully saturated rings. The maximum Gasteiger partial charge on any atom is 0.339 e. The first-order chi connectivity index (χ1) is 7.74. The lowest BCUT2D eigenvalue weighted by Gasteiger charge is -2.27. The summed E-state index contributed by atoms with van der Waals surface area (Å²) in [4.78, 5) is 11.0. The normalized spacial score (nSPS) is 18.7. The summed E-state index contributed by atoms with van der Waals surface area (Å²) >= 11 is 0. The molecule has 1 unspecified atom stereocenters. The highest BCUT2D eigenvalue weighted by Crippen LogP contribution is 2.34. The van der Waals surface area contributed by atoms with Gasteiger partial charge < -0.3 is 15.2 Å². The van der Waals surface area contributed by atoms with Gasteiger partial charge in [-0.05, 0) is 12.6 Å². The maximum atomic E-state index is 11.0.